The molecule has 2 aliphatic heterocycles. The van der Waals surface area contributed by atoms with Crippen LogP contribution in [0.2, 0.25) is 0 Å². The number of fused-ring (bicyclic) bond motifs is 2. The van der Waals surface area contributed by atoms with Gasteiger partial charge in [-0.2, -0.15) is 0 Å². The third-order valence-corrected chi connectivity index (χ3v) is 6.54. The first-order valence-electron chi connectivity index (χ1n) is 7.89. The van der Waals surface area contributed by atoms with E-state index in [2.05, 4.69) is 0 Å². The third kappa shape index (κ3) is 1.64. The van der Waals surface area contributed by atoms with Crippen LogP contribution in [0, 0.1) is 16.7 Å². The maximum absolute atomic E-state index is 13.0. The zero-order chi connectivity index (χ0) is 16.3. The lowest BCUT2D eigenvalue weighted by molar-refractivity contribution is -0.312. The predicted octanol–water partition coefficient (Wildman–Crippen LogP) is 0.0968. The van der Waals surface area contributed by atoms with Gasteiger partial charge in [0.1, 0.15) is 0 Å². The lowest BCUT2D eigenvalue weighted by Gasteiger charge is -2.41. The summed E-state index contributed by atoms with van der Waals surface area (Å²) < 4.78 is 5.60. The first kappa shape index (κ1) is 15.3. The molecule has 0 aromatic heterocycles. The number of piperidine rings is 1. The van der Waals surface area contributed by atoms with Gasteiger partial charge in [-0.05, 0) is 32.6 Å². The topological polar surface area (TPSA) is 86.7 Å². The minimum atomic E-state index is -1.09. The second-order valence-corrected chi connectivity index (χ2v) is 7.56. The van der Waals surface area contributed by atoms with E-state index in [0.717, 1.165) is 0 Å². The average Bonchev–Trinajstić information content (AvgIpc) is 2.77. The fraction of sp³-hybridized carbons (Fsp3) is 0.812. The normalized spacial score (nSPS) is 37.2. The van der Waals surface area contributed by atoms with Crippen molar-refractivity contribution in [2.45, 2.75) is 52.1 Å². The Bertz CT molecular complexity index is 549. The highest BCUT2D eigenvalue weighted by atomic mass is 16.6. The highest BCUT2D eigenvalue weighted by molar-refractivity contribution is 5.96. The molecule has 1 aliphatic carbocycles. The molecule has 0 aromatic rings. The molecule has 0 radical (unpaired) electrons. The standard InChI is InChI=1S/C16H23NO5/c1-14(2)15(3)6-7-16(14,22-13(15)21)12(20)17-8-4-10(5-9-17)11(18)19/h10H,4-9H2,1-3H3,(H,18,19)/p-1/t15-,16-/m0/s1. The van der Waals surface area contributed by atoms with E-state index < -0.39 is 28.3 Å². The van der Waals surface area contributed by atoms with Gasteiger partial charge in [-0.3, -0.25) is 9.59 Å². The van der Waals surface area contributed by atoms with Gasteiger partial charge >= 0.3 is 5.97 Å². The molecule has 0 aromatic carbocycles. The Morgan fingerprint density at radius 3 is 2.18 bits per heavy atom. The van der Waals surface area contributed by atoms with E-state index in [1.165, 1.54) is 0 Å². The quantitative estimate of drug-likeness (QED) is 0.675. The Morgan fingerprint density at radius 2 is 1.77 bits per heavy atom. The van der Waals surface area contributed by atoms with E-state index >= 15 is 0 Å². The van der Waals surface area contributed by atoms with Gasteiger partial charge in [0.25, 0.3) is 5.91 Å². The Morgan fingerprint density at radius 1 is 1.18 bits per heavy atom. The van der Waals surface area contributed by atoms with Gasteiger partial charge < -0.3 is 19.5 Å². The summed E-state index contributed by atoms with van der Waals surface area (Å²) in [5.41, 5.74) is -2.27. The lowest BCUT2D eigenvalue weighted by atomic mass is 9.66. The highest BCUT2D eigenvalue weighted by Crippen LogP contribution is 2.66. The number of carboxylic acids is 1. The minimum absolute atomic E-state index is 0.163. The van der Waals surface area contributed by atoms with Crippen molar-refractivity contribution < 1.29 is 24.2 Å². The van der Waals surface area contributed by atoms with E-state index in [1.807, 2.05) is 20.8 Å². The fourth-order valence-electron chi connectivity index (χ4n) is 4.30. The molecule has 3 aliphatic rings. The van der Waals surface area contributed by atoms with E-state index in [1.54, 1.807) is 4.90 Å². The molecule has 1 saturated carbocycles. The summed E-state index contributed by atoms with van der Waals surface area (Å²) in [6.07, 6.45) is 1.99. The van der Waals surface area contributed by atoms with Crippen LogP contribution in [-0.2, 0) is 19.1 Å². The summed E-state index contributed by atoms with van der Waals surface area (Å²) in [5, 5.41) is 10.9. The van der Waals surface area contributed by atoms with Crippen LogP contribution in [0.1, 0.15) is 46.5 Å². The zero-order valence-corrected chi connectivity index (χ0v) is 13.3. The molecule has 0 spiro atoms. The summed E-state index contributed by atoms with van der Waals surface area (Å²) in [7, 11) is 0. The van der Waals surface area contributed by atoms with E-state index in [9.17, 15) is 19.5 Å². The largest absolute Gasteiger partial charge is 0.550 e. The number of carbonyl (C=O) groups excluding carboxylic acids is 3. The molecule has 3 fully saturated rings. The van der Waals surface area contributed by atoms with Crippen LogP contribution < -0.4 is 5.11 Å². The first-order chi connectivity index (χ1) is 10.2. The van der Waals surface area contributed by atoms with Gasteiger partial charge in [0.2, 0.25) is 0 Å². The zero-order valence-electron chi connectivity index (χ0n) is 13.3. The molecule has 6 nitrogen and oxygen atoms in total. The van der Waals surface area contributed by atoms with Crippen molar-refractivity contribution in [2.24, 2.45) is 16.7 Å². The van der Waals surface area contributed by atoms with Gasteiger partial charge in [0, 0.05) is 30.4 Å². The Labute approximate surface area is 129 Å². The summed E-state index contributed by atoms with van der Waals surface area (Å²) in [6, 6.07) is 0. The molecular weight excluding hydrogens is 286 g/mol. The average molecular weight is 308 g/mol. The number of hydrogen-bond donors (Lipinski definition) is 0. The minimum Gasteiger partial charge on any atom is -0.550 e. The summed E-state index contributed by atoms with van der Waals surface area (Å²) in [6.45, 7) is 6.49. The number of nitrogens with zero attached hydrogens (tertiary/aromatic N) is 1. The van der Waals surface area contributed by atoms with E-state index in [-0.39, 0.29) is 11.9 Å². The van der Waals surface area contributed by atoms with Crippen LogP contribution in [0.5, 0.6) is 0 Å². The predicted molar refractivity (Wildman–Crippen MR) is 74.3 cm³/mol. The molecule has 22 heavy (non-hydrogen) atoms. The van der Waals surface area contributed by atoms with Crippen LogP contribution in [0.3, 0.4) is 0 Å². The van der Waals surface area contributed by atoms with Crippen molar-refractivity contribution in [2.75, 3.05) is 13.1 Å². The van der Waals surface area contributed by atoms with Crippen LogP contribution in [0.25, 0.3) is 0 Å². The van der Waals surface area contributed by atoms with Gasteiger partial charge in [0.05, 0.1) is 5.41 Å². The van der Waals surface area contributed by atoms with Crippen molar-refractivity contribution >= 4 is 17.8 Å². The Kier molecular flexibility index (Phi) is 3.10. The number of likely N-dealkylation sites (tertiary alicyclic amines) is 1. The number of carbonyl (C=O) groups is 3. The van der Waals surface area contributed by atoms with Crippen LogP contribution in [-0.4, -0.2) is 41.4 Å². The molecule has 122 valence electrons. The maximum atomic E-state index is 13.0. The van der Waals surface area contributed by atoms with Gasteiger partial charge in [-0.15, -0.1) is 0 Å². The molecule has 0 unspecified atom stereocenters. The van der Waals surface area contributed by atoms with Crippen molar-refractivity contribution in [3.05, 3.63) is 0 Å². The van der Waals surface area contributed by atoms with Gasteiger partial charge in [0.15, 0.2) is 5.60 Å². The molecule has 2 heterocycles. The van der Waals surface area contributed by atoms with Gasteiger partial charge in [-0.25, -0.2) is 0 Å². The number of esters is 1. The lowest BCUT2D eigenvalue weighted by Crippen LogP contribution is -2.57. The number of amides is 1. The number of hydrogen-bond acceptors (Lipinski definition) is 5. The Hall–Kier alpha value is -1.59. The fourth-order valence-corrected chi connectivity index (χ4v) is 4.30. The summed E-state index contributed by atoms with van der Waals surface area (Å²) in [5.74, 6) is -1.99. The van der Waals surface area contributed by atoms with E-state index in [4.69, 9.17) is 4.74 Å². The van der Waals surface area contributed by atoms with Crippen LogP contribution in [0.15, 0.2) is 0 Å². The molecular formula is C16H22NO5-. The van der Waals surface area contributed by atoms with Crippen molar-refractivity contribution in [3.8, 4) is 0 Å². The third-order valence-electron chi connectivity index (χ3n) is 6.54. The second kappa shape index (κ2) is 4.46. The number of carboxylic acid groups (broad SMARTS) is 1. The van der Waals surface area contributed by atoms with Crippen molar-refractivity contribution in [1.82, 2.24) is 4.90 Å². The number of ether oxygens (including phenoxy) is 1. The smallest absolute Gasteiger partial charge is 0.313 e. The number of rotatable bonds is 2. The highest BCUT2D eigenvalue weighted by Gasteiger charge is 2.76. The van der Waals surface area contributed by atoms with Crippen LogP contribution in [0.4, 0.5) is 0 Å². The molecule has 2 atom stereocenters. The second-order valence-electron chi connectivity index (χ2n) is 7.56. The first-order valence-corrected chi connectivity index (χ1v) is 7.89. The molecule has 2 bridgehead atoms. The molecule has 0 N–H and O–H groups in total. The van der Waals surface area contributed by atoms with Crippen LogP contribution >= 0.6 is 0 Å². The molecule has 2 saturated heterocycles. The maximum Gasteiger partial charge on any atom is 0.313 e. The molecule has 3 rings (SSSR count). The van der Waals surface area contributed by atoms with Crippen molar-refractivity contribution in [1.29, 1.82) is 0 Å². The summed E-state index contributed by atoms with van der Waals surface area (Å²) >= 11 is 0. The van der Waals surface area contributed by atoms with E-state index in [0.29, 0.717) is 38.8 Å². The molecule has 6 heteroatoms. The number of aliphatic carboxylic acids is 1. The van der Waals surface area contributed by atoms with Gasteiger partial charge in [-0.1, -0.05) is 13.8 Å². The Balaban J connectivity index is 1.82. The monoisotopic (exact) mass is 308 g/mol. The summed E-state index contributed by atoms with van der Waals surface area (Å²) in [4.78, 5) is 37.8. The SMILES string of the molecule is CC1(C)[C@@]2(C)CC[C@@]1(C(=O)N1CCC(C(=O)[O-])CC1)OC2=O. The van der Waals surface area contributed by atoms with Crippen molar-refractivity contribution in [3.63, 3.8) is 0 Å². The molecule has 1 amide bonds.